The van der Waals surface area contributed by atoms with Crippen molar-refractivity contribution in [3.8, 4) is 0 Å². The first-order valence-corrected chi connectivity index (χ1v) is 7.96. The first-order chi connectivity index (χ1) is 11.4. The standard InChI is InChI=1S/C17H22F2N2O3/c1-11-3-4-13(16(22)20-7-8-24-2)10-21(11)17(23)12-5-6-14(18)15(19)9-12/h5-6,9,11,13H,3-4,7-8,10H2,1-2H3,(H,20,22)/t11-,13+/m1/s1. The molecule has 2 atom stereocenters. The Morgan fingerprint density at radius 2 is 2.04 bits per heavy atom. The van der Waals surface area contributed by atoms with Gasteiger partial charge in [0.25, 0.3) is 5.91 Å². The van der Waals surface area contributed by atoms with Gasteiger partial charge >= 0.3 is 0 Å². The fourth-order valence-electron chi connectivity index (χ4n) is 2.82. The van der Waals surface area contributed by atoms with Crippen LogP contribution in [0.5, 0.6) is 0 Å². The zero-order valence-corrected chi connectivity index (χ0v) is 13.9. The van der Waals surface area contributed by atoms with E-state index in [0.29, 0.717) is 26.0 Å². The van der Waals surface area contributed by atoms with Crippen LogP contribution in [-0.2, 0) is 9.53 Å². The highest BCUT2D eigenvalue weighted by Gasteiger charge is 2.33. The second kappa shape index (κ2) is 8.19. The van der Waals surface area contributed by atoms with Gasteiger partial charge in [-0.15, -0.1) is 0 Å². The van der Waals surface area contributed by atoms with Crippen molar-refractivity contribution in [3.05, 3.63) is 35.4 Å². The van der Waals surface area contributed by atoms with Crippen LogP contribution in [0.4, 0.5) is 8.78 Å². The highest BCUT2D eigenvalue weighted by atomic mass is 19.2. The highest BCUT2D eigenvalue weighted by molar-refractivity contribution is 5.95. The minimum atomic E-state index is -1.06. The Balaban J connectivity index is 2.05. The average molecular weight is 340 g/mol. The van der Waals surface area contributed by atoms with E-state index in [0.717, 1.165) is 12.1 Å². The van der Waals surface area contributed by atoms with Gasteiger partial charge < -0.3 is 15.0 Å². The molecule has 1 fully saturated rings. The van der Waals surface area contributed by atoms with Crippen molar-refractivity contribution in [2.75, 3.05) is 26.8 Å². The van der Waals surface area contributed by atoms with E-state index in [1.807, 2.05) is 6.92 Å². The molecule has 1 aliphatic rings. The molecule has 1 N–H and O–H groups in total. The SMILES string of the molecule is COCCNC(=O)[C@H]1CC[C@@H](C)N(C(=O)c2ccc(F)c(F)c2)C1. The van der Waals surface area contributed by atoms with Crippen LogP contribution in [-0.4, -0.2) is 49.6 Å². The summed E-state index contributed by atoms with van der Waals surface area (Å²) < 4.78 is 31.3. The van der Waals surface area contributed by atoms with Crippen molar-refractivity contribution in [2.24, 2.45) is 5.92 Å². The number of carbonyl (C=O) groups excluding carboxylic acids is 2. The van der Waals surface area contributed by atoms with Crippen molar-refractivity contribution in [2.45, 2.75) is 25.8 Å². The van der Waals surface area contributed by atoms with Gasteiger partial charge in [-0.1, -0.05) is 0 Å². The van der Waals surface area contributed by atoms with Gasteiger partial charge in [0.2, 0.25) is 5.91 Å². The lowest BCUT2D eigenvalue weighted by molar-refractivity contribution is -0.126. The quantitative estimate of drug-likeness (QED) is 0.834. The first-order valence-electron chi connectivity index (χ1n) is 7.96. The molecule has 132 valence electrons. The second-order valence-electron chi connectivity index (χ2n) is 5.99. The number of carbonyl (C=O) groups is 2. The van der Waals surface area contributed by atoms with Gasteiger partial charge in [0.15, 0.2) is 11.6 Å². The molecule has 1 aliphatic heterocycles. The molecule has 1 aromatic rings. The van der Waals surface area contributed by atoms with Gasteiger partial charge in [0.05, 0.1) is 12.5 Å². The van der Waals surface area contributed by atoms with Gasteiger partial charge in [0.1, 0.15) is 0 Å². The molecule has 5 nitrogen and oxygen atoms in total. The van der Waals surface area contributed by atoms with Crippen molar-refractivity contribution in [1.29, 1.82) is 0 Å². The molecule has 0 unspecified atom stereocenters. The van der Waals surface area contributed by atoms with Gasteiger partial charge in [0, 0.05) is 31.8 Å². The number of nitrogens with one attached hydrogen (secondary N) is 1. The Hall–Kier alpha value is -2.02. The van der Waals surface area contributed by atoms with E-state index in [2.05, 4.69) is 5.32 Å². The highest BCUT2D eigenvalue weighted by Crippen LogP contribution is 2.24. The lowest BCUT2D eigenvalue weighted by Crippen LogP contribution is -2.49. The average Bonchev–Trinajstić information content (AvgIpc) is 2.57. The predicted molar refractivity (Wildman–Crippen MR) is 84.5 cm³/mol. The van der Waals surface area contributed by atoms with Crippen LogP contribution in [0.2, 0.25) is 0 Å². The van der Waals surface area contributed by atoms with Crippen LogP contribution in [0.1, 0.15) is 30.1 Å². The normalized spacial score (nSPS) is 20.8. The van der Waals surface area contributed by atoms with Crippen LogP contribution < -0.4 is 5.32 Å². The summed E-state index contributed by atoms with van der Waals surface area (Å²) in [5.74, 6) is -2.88. The van der Waals surface area contributed by atoms with E-state index < -0.39 is 17.5 Å². The van der Waals surface area contributed by atoms with Crippen molar-refractivity contribution in [1.82, 2.24) is 10.2 Å². The number of ether oxygens (including phenoxy) is 1. The maximum Gasteiger partial charge on any atom is 0.254 e. The molecule has 1 saturated heterocycles. The summed E-state index contributed by atoms with van der Waals surface area (Å²) >= 11 is 0. The van der Waals surface area contributed by atoms with Gasteiger partial charge in [-0.25, -0.2) is 8.78 Å². The van der Waals surface area contributed by atoms with Gasteiger partial charge in [-0.05, 0) is 38.0 Å². The van der Waals surface area contributed by atoms with Crippen LogP contribution >= 0.6 is 0 Å². The summed E-state index contributed by atoms with van der Waals surface area (Å²) in [6.45, 7) is 2.99. The molecular weight excluding hydrogens is 318 g/mol. The zero-order valence-electron chi connectivity index (χ0n) is 13.9. The summed E-state index contributed by atoms with van der Waals surface area (Å²) in [5, 5.41) is 2.77. The molecule has 0 bridgehead atoms. The molecule has 0 aliphatic carbocycles. The van der Waals surface area contributed by atoms with Crippen molar-refractivity contribution >= 4 is 11.8 Å². The fourth-order valence-corrected chi connectivity index (χ4v) is 2.82. The van der Waals surface area contributed by atoms with E-state index in [1.54, 1.807) is 12.0 Å². The molecule has 2 amide bonds. The van der Waals surface area contributed by atoms with Crippen LogP contribution in [0, 0.1) is 17.6 Å². The number of amides is 2. The van der Waals surface area contributed by atoms with E-state index in [9.17, 15) is 18.4 Å². The van der Waals surface area contributed by atoms with Crippen LogP contribution in [0.15, 0.2) is 18.2 Å². The summed E-state index contributed by atoms with van der Waals surface area (Å²) in [5.41, 5.74) is 0.0844. The molecule has 24 heavy (non-hydrogen) atoms. The van der Waals surface area contributed by atoms with E-state index in [1.165, 1.54) is 6.07 Å². The molecular formula is C17H22F2N2O3. The topological polar surface area (TPSA) is 58.6 Å². The number of benzene rings is 1. The molecule has 0 aromatic heterocycles. The number of methoxy groups -OCH3 is 1. The van der Waals surface area contributed by atoms with Crippen LogP contribution in [0.3, 0.4) is 0 Å². The summed E-state index contributed by atoms with van der Waals surface area (Å²) in [6, 6.07) is 3.03. The van der Waals surface area contributed by atoms with E-state index in [4.69, 9.17) is 4.74 Å². The number of hydrogen-bond donors (Lipinski definition) is 1. The Morgan fingerprint density at radius 3 is 2.71 bits per heavy atom. The smallest absolute Gasteiger partial charge is 0.254 e. The third-order valence-electron chi connectivity index (χ3n) is 4.29. The van der Waals surface area contributed by atoms with Gasteiger partial charge in [-0.3, -0.25) is 9.59 Å². The Kier molecular flexibility index (Phi) is 6.25. The summed E-state index contributed by atoms with van der Waals surface area (Å²) in [7, 11) is 1.55. The lowest BCUT2D eigenvalue weighted by atomic mass is 9.92. The third kappa shape index (κ3) is 4.29. The molecule has 0 spiro atoms. The monoisotopic (exact) mass is 340 g/mol. The number of hydrogen-bond acceptors (Lipinski definition) is 3. The predicted octanol–water partition coefficient (Wildman–Crippen LogP) is 1.97. The molecule has 7 heteroatoms. The molecule has 2 rings (SSSR count). The largest absolute Gasteiger partial charge is 0.383 e. The summed E-state index contributed by atoms with van der Waals surface area (Å²) in [6.07, 6.45) is 1.36. The van der Waals surface area contributed by atoms with E-state index in [-0.39, 0.29) is 30.0 Å². The summed E-state index contributed by atoms with van der Waals surface area (Å²) in [4.78, 5) is 26.3. The zero-order chi connectivity index (χ0) is 17.7. The van der Waals surface area contributed by atoms with Crippen LogP contribution in [0.25, 0.3) is 0 Å². The maximum atomic E-state index is 13.4. The lowest BCUT2D eigenvalue weighted by Gasteiger charge is -2.37. The second-order valence-corrected chi connectivity index (χ2v) is 5.99. The fraction of sp³-hybridized carbons (Fsp3) is 0.529. The van der Waals surface area contributed by atoms with E-state index >= 15 is 0 Å². The minimum absolute atomic E-state index is 0.0614. The first kappa shape index (κ1) is 18.3. The number of halogens is 2. The Morgan fingerprint density at radius 1 is 1.29 bits per heavy atom. The number of piperidine rings is 1. The van der Waals surface area contributed by atoms with Gasteiger partial charge in [-0.2, -0.15) is 0 Å². The Labute approximate surface area is 140 Å². The minimum Gasteiger partial charge on any atom is -0.383 e. The Bertz CT molecular complexity index is 609. The molecule has 1 heterocycles. The van der Waals surface area contributed by atoms with Crippen molar-refractivity contribution < 1.29 is 23.1 Å². The molecule has 0 radical (unpaired) electrons. The third-order valence-corrected chi connectivity index (χ3v) is 4.29. The molecule has 1 aromatic carbocycles. The number of rotatable bonds is 5. The number of nitrogens with zero attached hydrogens (tertiary/aromatic N) is 1. The van der Waals surface area contributed by atoms with Crippen molar-refractivity contribution in [3.63, 3.8) is 0 Å². The molecule has 0 saturated carbocycles. The number of likely N-dealkylation sites (tertiary alicyclic amines) is 1. The maximum absolute atomic E-state index is 13.4.